The van der Waals surface area contributed by atoms with Crippen molar-refractivity contribution in [3.05, 3.63) is 18.0 Å². The van der Waals surface area contributed by atoms with Crippen LogP contribution in [0.4, 0.5) is 0 Å². The number of hydrogen-bond acceptors (Lipinski definition) is 4. The third-order valence-electron chi connectivity index (χ3n) is 1.62. The van der Waals surface area contributed by atoms with Crippen molar-refractivity contribution < 1.29 is 9.59 Å². The van der Waals surface area contributed by atoms with Gasteiger partial charge in [0, 0.05) is 19.2 Å². The first-order valence-corrected chi connectivity index (χ1v) is 3.96. The second-order valence-electron chi connectivity index (χ2n) is 2.65. The third kappa shape index (κ3) is 2.56. The molecule has 0 aliphatic carbocycles. The highest BCUT2D eigenvalue weighted by Crippen LogP contribution is 1.95. The van der Waals surface area contributed by atoms with Crippen LogP contribution in [-0.4, -0.2) is 21.6 Å². The number of nitrogens with one attached hydrogen (secondary N) is 1. The van der Waals surface area contributed by atoms with Gasteiger partial charge in [-0.05, 0) is 6.07 Å². The standard InChI is InChI=1S/C7H11N5O2/c8-7(14)5-1-3-12(11-5)4-2-6(13)10-9/h1,3H,2,4,9H2,(H2,8,14)(H,10,13). The van der Waals surface area contributed by atoms with Crippen molar-refractivity contribution in [2.75, 3.05) is 0 Å². The van der Waals surface area contributed by atoms with Crippen LogP contribution < -0.4 is 17.0 Å². The Labute approximate surface area is 80.0 Å². The summed E-state index contributed by atoms with van der Waals surface area (Å²) in [5.41, 5.74) is 7.17. The highest BCUT2D eigenvalue weighted by Gasteiger charge is 2.05. The molecule has 0 saturated heterocycles. The zero-order chi connectivity index (χ0) is 10.6. The molecule has 7 heteroatoms. The fraction of sp³-hybridized carbons (Fsp3) is 0.286. The molecule has 0 aliphatic heterocycles. The maximum absolute atomic E-state index is 10.8. The third-order valence-corrected chi connectivity index (χ3v) is 1.62. The second-order valence-corrected chi connectivity index (χ2v) is 2.65. The van der Waals surface area contributed by atoms with Crippen molar-refractivity contribution in [2.45, 2.75) is 13.0 Å². The Morgan fingerprint density at radius 2 is 2.29 bits per heavy atom. The summed E-state index contributed by atoms with van der Waals surface area (Å²) >= 11 is 0. The molecule has 76 valence electrons. The van der Waals surface area contributed by atoms with Crippen molar-refractivity contribution in [2.24, 2.45) is 11.6 Å². The molecule has 0 radical (unpaired) electrons. The highest BCUT2D eigenvalue weighted by molar-refractivity contribution is 5.90. The van der Waals surface area contributed by atoms with E-state index in [9.17, 15) is 9.59 Å². The van der Waals surface area contributed by atoms with Gasteiger partial charge in [-0.3, -0.25) is 19.7 Å². The number of nitrogens with zero attached hydrogens (tertiary/aromatic N) is 2. The van der Waals surface area contributed by atoms with Crippen molar-refractivity contribution in [3.8, 4) is 0 Å². The van der Waals surface area contributed by atoms with Crippen LogP contribution in [-0.2, 0) is 11.3 Å². The molecule has 0 saturated carbocycles. The SMILES string of the molecule is NNC(=O)CCn1ccc(C(N)=O)n1. The van der Waals surface area contributed by atoms with Gasteiger partial charge in [0.05, 0.1) is 0 Å². The van der Waals surface area contributed by atoms with Gasteiger partial charge in [0.25, 0.3) is 5.91 Å². The van der Waals surface area contributed by atoms with E-state index in [0.717, 1.165) is 0 Å². The van der Waals surface area contributed by atoms with Crippen LogP contribution in [0, 0.1) is 0 Å². The van der Waals surface area contributed by atoms with Crippen LogP contribution in [0.1, 0.15) is 16.9 Å². The van der Waals surface area contributed by atoms with Gasteiger partial charge in [-0.1, -0.05) is 0 Å². The van der Waals surface area contributed by atoms with Crippen LogP contribution >= 0.6 is 0 Å². The summed E-state index contributed by atoms with van der Waals surface area (Å²) in [6.07, 6.45) is 1.78. The maximum Gasteiger partial charge on any atom is 0.269 e. The molecule has 0 aromatic carbocycles. The average molecular weight is 197 g/mol. The lowest BCUT2D eigenvalue weighted by Gasteiger charge is -1.99. The zero-order valence-electron chi connectivity index (χ0n) is 7.43. The fourth-order valence-corrected chi connectivity index (χ4v) is 0.906. The van der Waals surface area contributed by atoms with E-state index in [1.54, 1.807) is 6.20 Å². The molecule has 0 atom stereocenters. The molecule has 0 unspecified atom stereocenters. The Morgan fingerprint density at radius 3 is 2.79 bits per heavy atom. The van der Waals surface area contributed by atoms with E-state index in [1.807, 2.05) is 5.43 Å². The number of aromatic nitrogens is 2. The number of carbonyl (C=O) groups is 2. The lowest BCUT2D eigenvalue weighted by molar-refractivity contribution is -0.121. The highest BCUT2D eigenvalue weighted by atomic mass is 16.2. The first-order chi connectivity index (χ1) is 6.63. The van der Waals surface area contributed by atoms with Crippen LogP contribution in [0.15, 0.2) is 12.3 Å². The van der Waals surface area contributed by atoms with Gasteiger partial charge in [0.15, 0.2) is 0 Å². The molecule has 5 N–H and O–H groups in total. The van der Waals surface area contributed by atoms with Crippen LogP contribution in [0.3, 0.4) is 0 Å². The van der Waals surface area contributed by atoms with Gasteiger partial charge >= 0.3 is 0 Å². The molecule has 1 heterocycles. The van der Waals surface area contributed by atoms with Gasteiger partial charge in [-0.25, -0.2) is 5.84 Å². The Hall–Kier alpha value is -1.89. The quantitative estimate of drug-likeness (QED) is 0.305. The van der Waals surface area contributed by atoms with Crippen molar-refractivity contribution >= 4 is 11.8 Å². The molecule has 0 spiro atoms. The molecule has 1 aromatic heterocycles. The smallest absolute Gasteiger partial charge is 0.269 e. The summed E-state index contributed by atoms with van der Waals surface area (Å²) < 4.78 is 1.45. The van der Waals surface area contributed by atoms with E-state index in [4.69, 9.17) is 11.6 Å². The van der Waals surface area contributed by atoms with Crippen molar-refractivity contribution in [3.63, 3.8) is 0 Å². The van der Waals surface area contributed by atoms with Crippen LogP contribution in [0.5, 0.6) is 0 Å². The predicted molar refractivity (Wildman–Crippen MR) is 47.7 cm³/mol. The second kappa shape index (κ2) is 4.38. The largest absolute Gasteiger partial charge is 0.364 e. The molecule has 0 bridgehead atoms. The van der Waals surface area contributed by atoms with E-state index in [0.29, 0.717) is 6.54 Å². The molecule has 14 heavy (non-hydrogen) atoms. The topological polar surface area (TPSA) is 116 Å². The number of amides is 2. The van der Waals surface area contributed by atoms with Crippen molar-refractivity contribution in [1.82, 2.24) is 15.2 Å². The number of carbonyl (C=O) groups excluding carboxylic acids is 2. The maximum atomic E-state index is 10.8. The molecule has 0 aliphatic rings. The number of primary amides is 1. The first-order valence-electron chi connectivity index (χ1n) is 3.96. The van der Waals surface area contributed by atoms with E-state index in [1.165, 1.54) is 10.7 Å². The van der Waals surface area contributed by atoms with Gasteiger partial charge in [-0.15, -0.1) is 0 Å². The van der Waals surface area contributed by atoms with E-state index in [2.05, 4.69) is 5.10 Å². The monoisotopic (exact) mass is 197 g/mol. The number of rotatable bonds is 4. The molecular weight excluding hydrogens is 186 g/mol. The molecule has 1 rings (SSSR count). The summed E-state index contributed by atoms with van der Waals surface area (Å²) in [5.74, 6) is 4.00. The first kappa shape index (κ1) is 10.2. The van der Waals surface area contributed by atoms with Crippen LogP contribution in [0.25, 0.3) is 0 Å². The predicted octanol–water partition coefficient (Wildman–Crippen LogP) is -1.64. The Bertz CT molecular complexity index is 346. The van der Waals surface area contributed by atoms with Gasteiger partial charge in [0.2, 0.25) is 5.91 Å². The minimum absolute atomic E-state index is 0.179. The fourth-order valence-electron chi connectivity index (χ4n) is 0.906. The summed E-state index contributed by atoms with van der Waals surface area (Å²) in [4.78, 5) is 21.4. The van der Waals surface area contributed by atoms with E-state index in [-0.39, 0.29) is 18.0 Å². The van der Waals surface area contributed by atoms with Crippen molar-refractivity contribution in [1.29, 1.82) is 0 Å². The van der Waals surface area contributed by atoms with Gasteiger partial charge < -0.3 is 5.73 Å². The summed E-state index contributed by atoms with van der Waals surface area (Å²) in [5, 5.41) is 3.84. The lowest BCUT2D eigenvalue weighted by atomic mass is 10.4. The number of hydrogen-bond donors (Lipinski definition) is 3. The minimum Gasteiger partial charge on any atom is -0.364 e. The molecule has 2 amide bonds. The molecule has 1 aromatic rings. The number of nitrogens with two attached hydrogens (primary N) is 2. The Kier molecular flexibility index (Phi) is 3.19. The molecule has 0 fully saturated rings. The molecular formula is C7H11N5O2. The van der Waals surface area contributed by atoms with Crippen LogP contribution in [0.2, 0.25) is 0 Å². The Balaban J connectivity index is 2.52. The average Bonchev–Trinajstić information content (AvgIpc) is 2.62. The summed E-state index contributed by atoms with van der Waals surface area (Å²) in [6.45, 7) is 0.357. The zero-order valence-corrected chi connectivity index (χ0v) is 7.43. The summed E-state index contributed by atoms with van der Waals surface area (Å²) in [7, 11) is 0. The Morgan fingerprint density at radius 1 is 1.57 bits per heavy atom. The number of hydrazine groups is 1. The van der Waals surface area contributed by atoms with E-state index >= 15 is 0 Å². The lowest BCUT2D eigenvalue weighted by Crippen LogP contribution is -2.30. The van der Waals surface area contributed by atoms with Gasteiger partial charge in [-0.2, -0.15) is 5.10 Å². The van der Waals surface area contributed by atoms with Gasteiger partial charge in [0.1, 0.15) is 5.69 Å². The molecule has 7 nitrogen and oxygen atoms in total. The minimum atomic E-state index is -0.591. The summed E-state index contributed by atoms with van der Waals surface area (Å²) in [6, 6.07) is 1.49. The number of aryl methyl sites for hydroxylation is 1. The van der Waals surface area contributed by atoms with E-state index < -0.39 is 5.91 Å². The normalized spacial score (nSPS) is 9.79.